The van der Waals surface area contributed by atoms with Crippen LogP contribution in [0.25, 0.3) is 10.6 Å². The molecule has 1 aromatic heterocycles. The number of hydrogen-bond donors (Lipinski definition) is 0. The van der Waals surface area contributed by atoms with Crippen molar-refractivity contribution in [3.05, 3.63) is 62.6 Å². The molecule has 1 fully saturated rings. The van der Waals surface area contributed by atoms with E-state index in [1.165, 1.54) is 23.5 Å². The summed E-state index contributed by atoms with van der Waals surface area (Å²) in [6.07, 6.45) is 2.05. The van der Waals surface area contributed by atoms with Crippen molar-refractivity contribution in [2.75, 3.05) is 18.2 Å². The molecule has 1 aliphatic heterocycles. The summed E-state index contributed by atoms with van der Waals surface area (Å²) < 4.78 is 10.7. The van der Waals surface area contributed by atoms with E-state index in [2.05, 4.69) is 4.98 Å². The Balaban J connectivity index is 1.45. The SMILES string of the molecule is O=C(c1csc(-c2ccc3c(c2)OCO3)n1)N(CC1CC1)c1ccc(Cl)c([N+](=O)[O-])c1. The largest absolute Gasteiger partial charge is 0.454 e. The number of rotatable bonds is 6. The molecule has 0 N–H and O–H groups in total. The Kier molecular flexibility index (Phi) is 4.99. The molecule has 1 amide bonds. The zero-order valence-corrected chi connectivity index (χ0v) is 17.7. The quantitative estimate of drug-likeness (QED) is 0.375. The van der Waals surface area contributed by atoms with E-state index in [1.807, 2.05) is 18.2 Å². The summed E-state index contributed by atoms with van der Waals surface area (Å²) in [5.74, 6) is 1.40. The highest BCUT2D eigenvalue weighted by molar-refractivity contribution is 7.13. The van der Waals surface area contributed by atoms with Gasteiger partial charge in [-0.25, -0.2) is 4.98 Å². The Bertz CT molecular complexity index is 1190. The van der Waals surface area contributed by atoms with Crippen molar-refractivity contribution < 1.29 is 19.2 Å². The Morgan fingerprint density at radius 2 is 2.03 bits per heavy atom. The number of nitro benzene ring substituents is 1. The summed E-state index contributed by atoms with van der Waals surface area (Å²) in [4.78, 5) is 30.2. The van der Waals surface area contributed by atoms with Crippen LogP contribution in [0.1, 0.15) is 23.3 Å². The van der Waals surface area contributed by atoms with Crippen molar-refractivity contribution in [2.45, 2.75) is 12.8 Å². The summed E-state index contributed by atoms with van der Waals surface area (Å²) in [5, 5.41) is 13.7. The number of ether oxygens (including phenoxy) is 2. The fourth-order valence-electron chi connectivity index (χ4n) is 3.35. The van der Waals surface area contributed by atoms with E-state index in [0.29, 0.717) is 34.7 Å². The molecule has 10 heteroatoms. The van der Waals surface area contributed by atoms with Gasteiger partial charge in [-0.15, -0.1) is 11.3 Å². The lowest BCUT2D eigenvalue weighted by atomic mass is 10.2. The standard InChI is InChI=1S/C21H16ClN3O5S/c22-15-5-4-14(8-17(15)25(27)28)24(9-12-1-2-12)21(26)16-10-31-20(23-16)13-3-6-18-19(7-13)30-11-29-18/h3-8,10,12H,1-2,9,11H2. The lowest BCUT2D eigenvalue weighted by Crippen LogP contribution is -2.33. The van der Waals surface area contributed by atoms with Gasteiger partial charge >= 0.3 is 0 Å². The summed E-state index contributed by atoms with van der Waals surface area (Å²) in [6.45, 7) is 0.665. The van der Waals surface area contributed by atoms with E-state index in [4.69, 9.17) is 21.1 Å². The maximum absolute atomic E-state index is 13.3. The highest BCUT2D eigenvalue weighted by Crippen LogP contribution is 2.38. The van der Waals surface area contributed by atoms with E-state index in [9.17, 15) is 14.9 Å². The molecule has 8 nitrogen and oxygen atoms in total. The van der Waals surface area contributed by atoms with Crippen LogP contribution in [-0.4, -0.2) is 29.2 Å². The molecule has 2 aromatic carbocycles. The zero-order valence-electron chi connectivity index (χ0n) is 16.1. The first-order valence-corrected chi connectivity index (χ1v) is 10.9. The summed E-state index contributed by atoms with van der Waals surface area (Å²) in [7, 11) is 0. The van der Waals surface area contributed by atoms with Crippen molar-refractivity contribution in [3.63, 3.8) is 0 Å². The Morgan fingerprint density at radius 1 is 1.23 bits per heavy atom. The second-order valence-corrected chi connectivity index (χ2v) is 8.62. The van der Waals surface area contributed by atoms with Gasteiger partial charge in [0.05, 0.1) is 10.6 Å². The number of carbonyl (C=O) groups is 1. The minimum absolute atomic E-state index is 0.0336. The molecule has 5 rings (SSSR count). The van der Waals surface area contributed by atoms with E-state index < -0.39 is 4.92 Å². The van der Waals surface area contributed by atoms with Crippen LogP contribution < -0.4 is 14.4 Å². The van der Waals surface area contributed by atoms with Crippen LogP contribution in [-0.2, 0) is 0 Å². The molecular weight excluding hydrogens is 442 g/mol. The summed E-state index contributed by atoms with van der Waals surface area (Å²) in [5.41, 5.74) is 1.32. The normalized spacial score (nSPS) is 14.5. The first-order chi connectivity index (χ1) is 15.0. The fraction of sp³-hybridized carbons (Fsp3) is 0.238. The third kappa shape index (κ3) is 3.94. The van der Waals surface area contributed by atoms with Crippen LogP contribution in [0, 0.1) is 16.0 Å². The van der Waals surface area contributed by atoms with Gasteiger partial charge in [-0.1, -0.05) is 11.6 Å². The lowest BCUT2D eigenvalue weighted by molar-refractivity contribution is -0.384. The van der Waals surface area contributed by atoms with E-state index in [1.54, 1.807) is 16.3 Å². The number of benzene rings is 2. The Morgan fingerprint density at radius 3 is 2.81 bits per heavy atom. The maximum atomic E-state index is 13.3. The van der Waals surface area contributed by atoms with Gasteiger partial charge in [-0.05, 0) is 49.1 Å². The number of halogens is 1. The average molecular weight is 458 g/mol. The van der Waals surface area contributed by atoms with E-state index in [0.717, 1.165) is 18.4 Å². The number of hydrogen-bond acceptors (Lipinski definition) is 7. The topological polar surface area (TPSA) is 94.8 Å². The Hall–Kier alpha value is -3.17. The highest BCUT2D eigenvalue weighted by atomic mass is 35.5. The average Bonchev–Trinajstić information content (AvgIpc) is 3.25. The van der Waals surface area contributed by atoms with Gasteiger partial charge in [0.2, 0.25) is 6.79 Å². The van der Waals surface area contributed by atoms with Crippen LogP contribution in [0.2, 0.25) is 5.02 Å². The van der Waals surface area contributed by atoms with Crippen LogP contribution in [0.4, 0.5) is 11.4 Å². The minimum atomic E-state index is -0.549. The fourth-order valence-corrected chi connectivity index (χ4v) is 4.32. The number of amides is 1. The molecular formula is C21H16ClN3O5S. The first kappa shape index (κ1) is 19.8. The predicted molar refractivity (Wildman–Crippen MR) is 116 cm³/mol. The van der Waals surface area contributed by atoms with Gasteiger partial charge in [0.1, 0.15) is 15.7 Å². The predicted octanol–water partition coefficient (Wildman–Crippen LogP) is 5.16. The number of anilines is 1. The molecule has 0 spiro atoms. The number of aromatic nitrogens is 1. The molecule has 3 aromatic rings. The van der Waals surface area contributed by atoms with Crippen LogP contribution in [0.15, 0.2) is 41.8 Å². The third-order valence-corrected chi connectivity index (χ3v) is 6.37. The zero-order chi connectivity index (χ0) is 21.5. The molecule has 158 valence electrons. The second kappa shape index (κ2) is 7.82. The van der Waals surface area contributed by atoms with Gasteiger partial charge in [0.15, 0.2) is 11.5 Å². The van der Waals surface area contributed by atoms with Crippen molar-refractivity contribution >= 4 is 40.2 Å². The highest BCUT2D eigenvalue weighted by Gasteiger charge is 2.30. The van der Waals surface area contributed by atoms with Crippen molar-refractivity contribution in [2.24, 2.45) is 5.92 Å². The molecule has 0 atom stereocenters. The first-order valence-electron chi connectivity index (χ1n) is 9.61. The smallest absolute Gasteiger partial charge is 0.289 e. The molecule has 0 saturated heterocycles. The molecule has 0 bridgehead atoms. The Labute approximate surface area is 186 Å². The number of thiazole rings is 1. The molecule has 2 heterocycles. The van der Waals surface area contributed by atoms with Crippen LogP contribution >= 0.6 is 22.9 Å². The molecule has 2 aliphatic rings. The van der Waals surface area contributed by atoms with Crippen molar-refractivity contribution in [1.82, 2.24) is 4.98 Å². The van der Waals surface area contributed by atoms with E-state index >= 15 is 0 Å². The van der Waals surface area contributed by atoms with Crippen molar-refractivity contribution in [3.8, 4) is 22.1 Å². The van der Waals surface area contributed by atoms with E-state index in [-0.39, 0.29) is 29.1 Å². The maximum Gasteiger partial charge on any atom is 0.289 e. The lowest BCUT2D eigenvalue weighted by Gasteiger charge is -2.22. The molecule has 1 aliphatic carbocycles. The van der Waals surface area contributed by atoms with Crippen LogP contribution in [0.3, 0.4) is 0 Å². The number of nitro groups is 1. The molecule has 31 heavy (non-hydrogen) atoms. The summed E-state index contributed by atoms with van der Waals surface area (Å²) in [6, 6.07) is 9.92. The number of fused-ring (bicyclic) bond motifs is 1. The molecule has 1 saturated carbocycles. The number of carbonyl (C=O) groups excluding carboxylic acids is 1. The van der Waals surface area contributed by atoms with Gasteiger partial charge in [-0.3, -0.25) is 14.9 Å². The minimum Gasteiger partial charge on any atom is -0.454 e. The van der Waals surface area contributed by atoms with Gasteiger partial charge < -0.3 is 14.4 Å². The molecule has 0 radical (unpaired) electrons. The monoisotopic (exact) mass is 457 g/mol. The van der Waals surface area contributed by atoms with Gasteiger partial charge in [0.25, 0.3) is 11.6 Å². The number of nitrogens with zero attached hydrogens (tertiary/aromatic N) is 3. The van der Waals surface area contributed by atoms with Crippen molar-refractivity contribution in [1.29, 1.82) is 0 Å². The van der Waals surface area contributed by atoms with Crippen LogP contribution in [0.5, 0.6) is 11.5 Å². The third-order valence-electron chi connectivity index (χ3n) is 5.16. The van der Waals surface area contributed by atoms with Gasteiger partial charge in [0, 0.05) is 23.6 Å². The molecule has 0 unspecified atom stereocenters. The second-order valence-electron chi connectivity index (χ2n) is 7.36. The van der Waals surface area contributed by atoms with Gasteiger partial charge in [-0.2, -0.15) is 0 Å². The summed E-state index contributed by atoms with van der Waals surface area (Å²) >= 11 is 7.30.